The van der Waals surface area contributed by atoms with Crippen molar-refractivity contribution >= 4 is 11.5 Å². The Morgan fingerprint density at radius 3 is 3.00 bits per heavy atom. The molecule has 1 aromatic heterocycles. The smallest absolute Gasteiger partial charge is 0.139 e. The highest BCUT2D eigenvalue weighted by Gasteiger charge is 1.87. The van der Waals surface area contributed by atoms with Crippen LogP contribution in [0.5, 0.6) is 0 Å². The van der Waals surface area contributed by atoms with Gasteiger partial charge in [0.2, 0.25) is 0 Å². The van der Waals surface area contributed by atoms with Crippen molar-refractivity contribution in [1.29, 1.82) is 0 Å². The molecule has 1 heterocycles. The zero-order chi connectivity index (χ0) is 5.11. The van der Waals surface area contributed by atoms with Crippen molar-refractivity contribution in [1.82, 2.24) is 9.36 Å². The third-order valence-corrected chi connectivity index (χ3v) is 1.19. The first-order valence-corrected chi connectivity index (χ1v) is 2.57. The molecule has 0 bridgehead atoms. The van der Waals surface area contributed by atoms with Gasteiger partial charge in [-0.05, 0) is 11.5 Å². The summed E-state index contributed by atoms with van der Waals surface area (Å²) in [7, 11) is 0. The molecular weight excluding hydrogens is 112 g/mol. The van der Waals surface area contributed by atoms with E-state index in [1.165, 1.54) is 17.9 Å². The highest BCUT2D eigenvalue weighted by Crippen LogP contribution is 1.96. The van der Waals surface area contributed by atoms with Gasteiger partial charge >= 0.3 is 0 Å². The quantitative estimate of drug-likeness (QED) is 0.563. The lowest BCUT2D eigenvalue weighted by Crippen LogP contribution is -1.75. The molecule has 0 amide bonds. The highest BCUT2D eigenvalue weighted by atomic mass is 32.1. The van der Waals surface area contributed by atoms with E-state index in [0.717, 1.165) is 0 Å². The molecule has 4 heteroatoms. The molecule has 0 aliphatic carbocycles. The Labute approximate surface area is 44.8 Å². The van der Waals surface area contributed by atoms with Gasteiger partial charge in [-0.3, -0.25) is 0 Å². The molecule has 0 saturated carbocycles. The number of aliphatic hydroxyl groups is 1. The van der Waals surface area contributed by atoms with Gasteiger partial charge in [0.15, 0.2) is 0 Å². The first-order valence-electron chi connectivity index (χ1n) is 1.80. The second-order valence-corrected chi connectivity index (χ2v) is 1.86. The summed E-state index contributed by atoms with van der Waals surface area (Å²) in [5, 5.41) is 9.00. The molecule has 0 radical (unpaired) electrons. The predicted octanol–water partition coefficient (Wildman–Crippen LogP) is 0.0304. The second kappa shape index (κ2) is 1.99. The summed E-state index contributed by atoms with van der Waals surface area (Å²) in [6.45, 7) is 0.00463. The molecule has 0 aliphatic rings. The van der Waals surface area contributed by atoms with E-state index in [2.05, 4.69) is 9.36 Å². The zero-order valence-electron chi connectivity index (χ0n) is 3.53. The Hall–Kier alpha value is -0.480. The summed E-state index contributed by atoms with van der Waals surface area (Å²) in [5.41, 5.74) is 0. The van der Waals surface area contributed by atoms with E-state index in [9.17, 15) is 0 Å². The number of hydrogen-bond donors (Lipinski definition) is 1. The van der Waals surface area contributed by atoms with E-state index >= 15 is 0 Å². The largest absolute Gasteiger partial charge is 0.389 e. The molecule has 0 aromatic carbocycles. The van der Waals surface area contributed by atoms with E-state index < -0.39 is 0 Å². The molecule has 1 N–H and O–H groups in total. The first kappa shape index (κ1) is 4.67. The monoisotopic (exact) mass is 116 g/mol. The van der Waals surface area contributed by atoms with Crippen LogP contribution >= 0.6 is 11.5 Å². The van der Waals surface area contributed by atoms with Crippen LogP contribution < -0.4 is 0 Å². The topological polar surface area (TPSA) is 46.0 Å². The van der Waals surface area contributed by atoms with Gasteiger partial charge in [0.25, 0.3) is 0 Å². The fourth-order valence-corrected chi connectivity index (χ4v) is 0.634. The van der Waals surface area contributed by atoms with Crippen LogP contribution in [0.4, 0.5) is 0 Å². The van der Waals surface area contributed by atoms with Crippen LogP contribution in [0.2, 0.25) is 0 Å². The van der Waals surface area contributed by atoms with E-state index in [0.29, 0.717) is 5.01 Å². The lowest BCUT2D eigenvalue weighted by Gasteiger charge is -1.75. The maximum absolute atomic E-state index is 8.33. The van der Waals surface area contributed by atoms with Gasteiger partial charge in [0, 0.05) is 0 Å². The number of aliphatic hydroxyl groups excluding tert-OH is 1. The third kappa shape index (κ3) is 0.942. The SMILES string of the molecule is OCc1ncns1. The van der Waals surface area contributed by atoms with Crippen LogP contribution in [0.3, 0.4) is 0 Å². The van der Waals surface area contributed by atoms with Crippen LogP contribution in [0, 0.1) is 0 Å². The van der Waals surface area contributed by atoms with E-state index in [1.807, 2.05) is 0 Å². The minimum atomic E-state index is 0.00463. The number of hydrogen-bond acceptors (Lipinski definition) is 4. The fraction of sp³-hybridized carbons (Fsp3) is 0.333. The minimum Gasteiger partial charge on any atom is -0.389 e. The van der Waals surface area contributed by atoms with E-state index in [4.69, 9.17) is 5.11 Å². The Bertz CT molecular complexity index is 127. The van der Waals surface area contributed by atoms with Crippen LogP contribution in [-0.4, -0.2) is 14.5 Å². The maximum atomic E-state index is 8.33. The molecule has 7 heavy (non-hydrogen) atoms. The first-order chi connectivity index (χ1) is 3.43. The fourth-order valence-electron chi connectivity index (χ4n) is 0.266. The molecule has 3 nitrogen and oxygen atoms in total. The lowest BCUT2D eigenvalue weighted by atomic mass is 10.8. The summed E-state index contributed by atoms with van der Waals surface area (Å²) in [6, 6.07) is 0. The standard InChI is InChI=1S/C3H4N2OS/c6-1-3-4-2-5-7-3/h2,6H,1H2. The molecule has 38 valence electrons. The van der Waals surface area contributed by atoms with Crippen molar-refractivity contribution in [3.05, 3.63) is 11.3 Å². The number of nitrogens with zero attached hydrogens (tertiary/aromatic N) is 2. The normalized spacial score (nSPS) is 9.29. The molecular formula is C3H4N2OS. The highest BCUT2D eigenvalue weighted by molar-refractivity contribution is 7.05. The molecule has 0 spiro atoms. The molecule has 0 fully saturated rings. The minimum absolute atomic E-state index is 0.00463. The molecule has 0 unspecified atom stereocenters. The summed E-state index contributed by atoms with van der Waals surface area (Å²) in [5.74, 6) is 0. The third-order valence-electron chi connectivity index (χ3n) is 0.542. The van der Waals surface area contributed by atoms with Crippen molar-refractivity contribution < 1.29 is 5.11 Å². The van der Waals surface area contributed by atoms with Crippen molar-refractivity contribution in [2.75, 3.05) is 0 Å². The number of aromatic nitrogens is 2. The van der Waals surface area contributed by atoms with Crippen molar-refractivity contribution in [2.45, 2.75) is 6.61 Å². The van der Waals surface area contributed by atoms with Crippen molar-refractivity contribution in [3.63, 3.8) is 0 Å². The average Bonchev–Trinajstić information content (AvgIpc) is 2.14. The lowest BCUT2D eigenvalue weighted by molar-refractivity contribution is 0.281. The Kier molecular flexibility index (Phi) is 1.33. The van der Waals surface area contributed by atoms with Crippen molar-refractivity contribution in [3.8, 4) is 0 Å². The second-order valence-electron chi connectivity index (χ2n) is 0.993. The van der Waals surface area contributed by atoms with Crippen LogP contribution in [0.15, 0.2) is 6.33 Å². The zero-order valence-corrected chi connectivity index (χ0v) is 4.35. The molecule has 0 aliphatic heterocycles. The van der Waals surface area contributed by atoms with Gasteiger partial charge in [-0.1, -0.05) is 0 Å². The number of rotatable bonds is 1. The molecule has 0 atom stereocenters. The molecule has 1 aromatic rings. The summed E-state index contributed by atoms with van der Waals surface area (Å²) in [4.78, 5) is 3.69. The van der Waals surface area contributed by atoms with E-state index in [-0.39, 0.29) is 6.61 Å². The van der Waals surface area contributed by atoms with E-state index in [1.54, 1.807) is 0 Å². The Morgan fingerprint density at radius 1 is 1.86 bits per heavy atom. The van der Waals surface area contributed by atoms with Gasteiger partial charge < -0.3 is 5.11 Å². The maximum Gasteiger partial charge on any atom is 0.139 e. The van der Waals surface area contributed by atoms with Gasteiger partial charge in [0.1, 0.15) is 11.3 Å². The predicted molar refractivity (Wildman–Crippen MR) is 25.8 cm³/mol. The summed E-state index contributed by atoms with van der Waals surface area (Å²) < 4.78 is 3.66. The van der Waals surface area contributed by atoms with Gasteiger partial charge in [0.05, 0.1) is 6.61 Å². The van der Waals surface area contributed by atoms with Crippen molar-refractivity contribution in [2.24, 2.45) is 0 Å². The van der Waals surface area contributed by atoms with Crippen LogP contribution in [0.1, 0.15) is 5.01 Å². The molecule has 1 rings (SSSR count). The van der Waals surface area contributed by atoms with Crippen LogP contribution in [0.25, 0.3) is 0 Å². The van der Waals surface area contributed by atoms with Crippen LogP contribution in [-0.2, 0) is 6.61 Å². The molecule has 0 saturated heterocycles. The Balaban J connectivity index is 2.76. The summed E-state index contributed by atoms with van der Waals surface area (Å²) >= 11 is 1.21. The Morgan fingerprint density at radius 2 is 2.71 bits per heavy atom. The van der Waals surface area contributed by atoms with Gasteiger partial charge in [-0.25, -0.2) is 4.98 Å². The average molecular weight is 116 g/mol. The summed E-state index contributed by atoms with van der Waals surface area (Å²) in [6.07, 6.45) is 1.43. The van der Waals surface area contributed by atoms with Gasteiger partial charge in [-0.15, -0.1) is 0 Å². The van der Waals surface area contributed by atoms with Gasteiger partial charge in [-0.2, -0.15) is 4.37 Å².